The Labute approximate surface area is 127 Å². The second-order valence-corrected chi connectivity index (χ2v) is 5.13. The molecule has 0 spiro atoms. The maximum Gasteiger partial charge on any atom is 0.319 e. The molecule has 6 nitrogen and oxygen atoms in total. The van der Waals surface area contributed by atoms with E-state index in [1.807, 2.05) is 0 Å². The van der Waals surface area contributed by atoms with E-state index >= 15 is 0 Å². The van der Waals surface area contributed by atoms with E-state index < -0.39 is 11.5 Å². The van der Waals surface area contributed by atoms with E-state index in [4.69, 9.17) is 0 Å². The Morgan fingerprint density at radius 2 is 2.24 bits per heavy atom. The van der Waals surface area contributed by atoms with Crippen LogP contribution in [0, 0.1) is 10.1 Å². The summed E-state index contributed by atoms with van der Waals surface area (Å²) in [7, 11) is 1.69. The third-order valence-electron chi connectivity index (χ3n) is 2.89. The van der Waals surface area contributed by atoms with Crippen molar-refractivity contribution in [2.75, 3.05) is 11.9 Å². The summed E-state index contributed by atoms with van der Waals surface area (Å²) in [6.07, 6.45) is 2.51. The SMILES string of the molecule is CN(Cc1nccn1C(F)F)c1ccc([N+](=O)[O-])cc1Br. The quantitative estimate of drug-likeness (QED) is 0.603. The molecule has 0 saturated heterocycles. The van der Waals surface area contributed by atoms with Gasteiger partial charge < -0.3 is 4.90 Å². The smallest absolute Gasteiger partial charge is 0.319 e. The standard InChI is InChI=1S/C12H11BrF2N4O2/c1-17(7-11-16-4-5-18(11)12(14)15)10-3-2-8(19(20)21)6-9(10)13/h2-6,12H,7H2,1H3. The van der Waals surface area contributed by atoms with Crippen LogP contribution in [0.15, 0.2) is 35.1 Å². The lowest BCUT2D eigenvalue weighted by Gasteiger charge is -2.20. The summed E-state index contributed by atoms with van der Waals surface area (Å²) in [5, 5.41) is 10.7. The van der Waals surface area contributed by atoms with Crippen molar-refractivity contribution >= 4 is 27.3 Å². The minimum Gasteiger partial charge on any atom is -0.366 e. The number of nitro benzene ring substituents is 1. The topological polar surface area (TPSA) is 64.2 Å². The van der Waals surface area contributed by atoms with E-state index in [0.29, 0.717) is 10.2 Å². The first-order valence-corrected chi connectivity index (χ1v) is 6.64. The summed E-state index contributed by atoms with van der Waals surface area (Å²) in [4.78, 5) is 15.8. The zero-order valence-corrected chi connectivity index (χ0v) is 12.5. The molecule has 0 radical (unpaired) electrons. The molecule has 0 saturated carbocycles. The molecule has 112 valence electrons. The van der Waals surface area contributed by atoms with Crippen molar-refractivity contribution in [3.8, 4) is 0 Å². The molecule has 0 N–H and O–H groups in total. The highest BCUT2D eigenvalue weighted by Gasteiger charge is 2.16. The summed E-state index contributed by atoms with van der Waals surface area (Å²) >= 11 is 3.25. The van der Waals surface area contributed by atoms with Gasteiger partial charge in [-0.3, -0.25) is 14.7 Å². The molecule has 0 amide bonds. The van der Waals surface area contributed by atoms with Gasteiger partial charge in [0.25, 0.3) is 5.69 Å². The Balaban J connectivity index is 2.22. The molecule has 9 heteroatoms. The molecule has 2 aromatic rings. The third kappa shape index (κ3) is 3.35. The van der Waals surface area contributed by atoms with Crippen molar-refractivity contribution in [2.24, 2.45) is 0 Å². The molecule has 0 unspecified atom stereocenters. The zero-order chi connectivity index (χ0) is 15.6. The number of halogens is 3. The molecule has 0 aliphatic rings. The van der Waals surface area contributed by atoms with E-state index in [1.165, 1.54) is 24.5 Å². The van der Waals surface area contributed by atoms with E-state index in [1.54, 1.807) is 18.0 Å². The minimum absolute atomic E-state index is 0.0481. The van der Waals surface area contributed by atoms with E-state index in [-0.39, 0.29) is 18.1 Å². The number of benzene rings is 1. The second kappa shape index (κ2) is 6.17. The highest BCUT2D eigenvalue weighted by atomic mass is 79.9. The molecule has 0 aliphatic carbocycles. The zero-order valence-electron chi connectivity index (χ0n) is 10.9. The van der Waals surface area contributed by atoms with Crippen molar-refractivity contribution in [1.29, 1.82) is 0 Å². The van der Waals surface area contributed by atoms with Gasteiger partial charge in [-0.05, 0) is 22.0 Å². The maximum atomic E-state index is 12.8. The van der Waals surface area contributed by atoms with Crippen LogP contribution in [-0.4, -0.2) is 21.5 Å². The maximum absolute atomic E-state index is 12.8. The Bertz CT molecular complexity index is 662. The number of anilines is 1. The fraction of sp³-hybridized carbons (Fsp3) is 0.250. The molecule has 2 rings (SSSR count). The van der Waals surface area contributed by atoms with Crippen LogP contribution in [0.3, 0.4) is 0 Å². The summed E-state index contributed by atoms with van der Waals surface area (Å²) < 4.78 is 26.8. The van der Waals surface area contributed by atoms with Crippen LogP contribution in [0.2, 0.25) is 0 Å². The number of nitrogens with zero attached hydrogens (tertiary/aromatic N) is 4. The van der Waals surface area contributed by atoms with Crippen molar-refractivity contribution in [2.45, 2.75) is 13.1 Å². The molecule has 0 fully saturated rings. The number of aromatic nitrogens is 2. The molecule has 1 heterocycles. The van der Waals surface area contributed by atoms with Gasteiger partial charge in [0.1, 0.15) is 5.82 Å². The third-order valence-corrected chi connectivity index (χ3v) is 3.53. The van der Waals surface area contributed by atoms with Gasteiger partial charge in [0.05, 0.1) is 17.2 Å². The van der Waals surface area contributed by atoms with Gasteiger partial charge in [0, 0.05) is 36.0 Å². The van der Waals surface area contributed by atoms with Crippen molar-refractivity contribution < 1.29 is 13.7 Å². The van der Waals surface area contributed by atoms with Gasteiger partial charge in [-0.15, -0.1) is 0 Å². The Morgan fingerprint density at radius 1 is 1.52 bits per heavy atom. The predicted octanol–water partition coefficient (Wildman–Crippen LogP) is 3.59. The minimum atomic E-state index is -2.66. The normalized spacial score (nSPS) is 10.9. The molecular weight excluding hydrogens is 350 g/mol. The average molecular weight is 361 g/mol. The summed E-state index contributed by atoms with van der Waals surface area (Å²) in [6, 6.07) is 4.28. The average Bonchev–Trinajstić information content (AvgIpc) is 2.86. The second-order valence-electron chi connectivity index (χ2n) is 4.28. The van der Waals surface area contributed by atoms with Crippen LogP contribution in [0.1, 0.15) is 12.4 Å². The molecule has 1 aromatic carbocycles. The number of alkyl halides is 2. The van der Waals surface area contributed by atoms with Gasteiger partial charge >= 0.3 is 6.55 Å². The number of hydrogen-bond donors (Lipinski definition) is 0. The predicted molar refractivity (Wildman–Crippen MR) is 76.4 cm³/mol. The lowest BCUT2D eigenvalue weighted by molar-refractivity contribution is -0.384. The number of imidazole rings is 1. The summed E-state index contributed by atoms with van der Waals surface area (Å²) in [5.74, 6) is 0.206. The highest BCUT2D eigenvalue weighted by molar-refractivity contribution is 9.10. The molecule has 0 aliphatic heterocycles. The van der Waals surface area contributed by atoms with Gasteiger partial charge in [0.2, 0.25) is 0 Å². The van der Waals surface area contributed by atoms with Crippen LogP contribution in [0.4, 0.5) is 20.2 Å². The van der Waals surface area contributed by atoms with E-state index in [0.717, 1.165) is 4.57 Å². The van der Waals surface area contributed by atoms with Gasteiger partial charge in [-0.1, -0.05) is 0 Å². The summed E-state index contributed by atoms with van der Waals surface area (Å²) in [6.45, 7) is -2.51. The first-order valence-electron chi connectivity index (χ1n) is 5.85. The molecular formula is C12H11BrF2N4O2. The van der Waals surface area contributed by atoms with Crippen molar-refractivity contribution in [3.63, 3.8) is 0 Å². The number of hydrogen-bond acceptors (Lipinski definition) is 4. The lowest BCUT2D eigenvalue weighted by Crippen LogP contribution is -2.20. The van der Waals surface area contributed by atoms with E-state index in [2.05, 4.69) is 20.9 Å². The monoisotopic (exact) mass is 360 g/mol. The van der Waals surface area contributed by atoms with Crippen LogP contribution in [0.5, 0.6) is 0 Å². The van der Waals surface area contributed by atoms with Crippen LogP contribution in [-0.2, 0) is 6.54 Å². The van der Waals surface area contributed by atoms with Gasteiger partial charge in [0.15, 0.2) is 0 Å². The van der Waals surface area contributed by atoms with E-state index in [9.17, 15) is 18.9 Å². The number of nitro groups is 1. The first-order chi connectivity index (χ1) is 9.90. The fourth-order valence-electron chi connectivity index (χ4n) is 1.86. The Hall–Kier alpha value is -2.03. The largest absolute Gasteiger partial charge is 0.366 e. The lowest BCUT2D eigenvalue weighted by atomic mass is 10.2. The van der Waals surface area contributed by atoms with Crippen LogP contribution in [0.25, 0.3) is 0 Å². The molecule has 21 heavy (non-hydrogen) atoms. The molecule has 1 aromatic heterocycles. The van der Waals surface area contributed by atoms with Crippen LogP contribution >= 0.6 is 15.9 Å². The number of rotatable bonds is 5. The van der Waals surface area contributed by atoms with Gasteiger partial charge in [-0.2, -0.15) is 8.78 Å². The van der Waals surface area contributed by atoms with Crippen LogP contribution < -0.4 is 4.90 Å². The first kappa shape index (κ1) is 15.4. The highest BCUT2D eigenvalue weighted by Crippen LogP contribution is 2.30. The van der Waals surface area contributed by atoms with Crippen molar-refractivity contribution in [3.05, 3.63) is 51.0 Å². The Morgan fingerprint density at radius 3 is 2.81 bits per heavy atom. The Kier molecular flexibility index (Phi) is 4.51. The summed E-state index contributed by atoms with van der Waals surface area (Å²) in [5.41, 5.74) is 0.595. The molecule has 0 bridgehead atoms. The molecule has 0 atom stereocenters. The van der Waals surface area contributed by atoms with Crippen molar-refractivity contribution in [1.82, 2.24) is 9.55 Å². The number of non-ortho nitro benzene ring substituents is 1. The van der Waals surface area contributed by atoms with Gasteiger partial charge in [-0.25, -0.2) is 4.98 Å². The fourth-order valence-corrected chi connectivity index (χ4v) is 2.53.